The second kappa shape index (κ2) is 10.6. The van der Waals surface area contributed by atoms with E-state index in [0.717, 1.165) is 62.4 Å². The Morgan fingerprint density at radius 2 is 1.57 bits per heavy atom. The van der Waals surface area contributed by atoms with E-state index in [0.29, 0.717) is 37.1 Å². The van der Waals surface area contributed by atoms with Crippen LogP contribution in [0.3, 0.4) is 0 Å². The molecule has 3 aromatic rings. The second-order valence-electron chi connectivity index (χ2n) is 9.00. The van der Waals surface area contributed by atoms with Gasteiger partial charge in [-0.1, -0.05) is 0 Å². The molecule has 1 aromatic heterocycles. The molecule has 3 aliphatic rings. The van der Waals surface area contributed by atoms with Gasteiger partial charge in [0.15, 0.2) is 0 Å². The highest BCUT2D eigenvalue weighted by Gasteiger charge is 2.22. The van der Waals surface area contributed by atoms with Crippen LogP contribution in [0.25, 0.3) is 11.3 Å². The minimum absolute atomic E-state index is 0.293. The van der Waals surface area contributed by atoms with Crippen molar-refractivity contribution in [3.63, 3.8) is 0 Å². The first-order chi connectivity index (χ1) is 18.2. The fourth-order valence-electron chi connectivity index (χ4n) is 4.58. The Balaban J connectivity index is 1.12. The first-order valence-electron chi connectivity index (χ1n) is 12.5. The number of ether oxygens (including phenoxy) is 2. The van der Waals surface area contributed by atoms with E-state index in [-0.39, 0.29) is 5.82 Å². The van der Waals surface area contributed by atoms with Gasteiger partial charge in [0, 0.05) is 49.3 Å². The lowest BCUT2D eigenvalue weighted by molar-refractivity contribution is 0.0669. The van der Waals surface area contributed by atoms with Gasteiger partial charge < -0.3 is 24.6 Å². The molecule has 10 nitrogen and oxygen atoms in total. The van der Waals surface area contributed by atoms with Crippen LogP contribution in [0.15, 0.2) is 59.7 Å². The van der Waals surface area contributed by atoms with E-state index in [1.165, 1.54) is 6.07 Å². The van der Waals surface area contributed by atoms with Crippen molar-refractivity contribution in [3.05, 3.63) is 60.5 Å². The summed E-state index contributed by atoms with van der Waals surface area (Å²) in [6, 6.07) is 14.8. The molecular formula is C26H29FN8O2. The highest BCUT2D eigenvalue weighted by Crippen LogP contribution is 2.27. The standard InChI is InChI=1S/C26H29FN8O2/c27-20-15-19(16-23(17-20)33-7-11-36-12-8-33)24-5-6-28-25(31-24)30-21-1-3-22(4-2-21)35-18-29-26(32-35)34-9-13-37-14-10-34/h1-6,15-17H,7-14,18H2,(H,29,32)(H,28,30,31). The molecule has 3 aliphatic heterocycles. The van der Waals surface area contributed by atoms with Crippen molar-refractivity contribution in [1.29, 1.82) is 0 Å². The number of aliphatic imine (C=N–C) groups is 1. The van der Waals surface area contributed by atoms with Gasteiger partial charge in [-0.25, -0.2) is 19.4 Å². The number of benzene rings is 2. The van der Waals surface area contributed by atoms with Crippen LogP contribution >= 0.6 is 0 Å². The fourth-order valence-corrected chi connectivity index (χ4v) is 4.58. The van der Waals surface area contributed by atoms with Crippen LogP contribution in [0.1, 0.15) is 0 Å². The summed E-state index contributed by atoms with van der Waals surface area (Å²) in [5.74, 6) is 1.03. The lowest BCUT2D eigenvalue weighted by Gasteiger charge is -2.29. The number of hydrogen-bond donors (Lipinski definition) is 2. The van der Waals surface area contributed by atoms with Gasteiger partial charge in [0.25, 0.3) is 0 Å². The van der Waals surface area contributed by atoms with Crippen molar-refractivity contribution in [1.82, 2.24) is 20.3 Å². The van der Waals surface area contributed by atoms with Crippen LogP contribution in [-0.4, -0.2) is 80.1 Å². The summed E-state index contributed by atoms with van der Waals surface area (Å²) in [5.41, 5.74) is 7.41. The Bertz CT molecular complexity index is 1260. The van der Waals surface area contributed by atoms with E-state index in [1.54, 1.807) is 18.3 Å². The fraction of sp³-hybridized carbons (Fsp3) is 0.346. The van der Waals surface area contributed by atoms with E-state index in [1.807, 2.05) is 35.3 Å². The predicted molar refractivity (Wildman–Crippen MR) is 140 cm³/mol. The number of nitrogens with zero attached hydrogens (tertiary/aromatic N) is 6. The molecule has 0 bridgehead atoms. The predicted octanol–water partition coefficient (Wildman–Crippen LogP) is 2.83. The number of morpholine rings is 2. The van der Waals surface area contributed by atoms with Gasteiger partial charge in [-0.3, -0.25) is 10.4 Å². The van der Waals surface area contributed by atoms with Crippen molar-refractivity contribution in [3.8, 4) is 11.3 Å². The van der Waals surface area contributed by atoms with E-state index >= 15 is 0 Å². The number of aromatic nitrogens is 2. The maximum absolute atomic E-state index is 14.5. The van der Waals surface area contributed by atoms with Gasteiger partial charge in [0.05, 0.1) is 37.8 Å². The summed E-state index contributed by atoms with van der Waals surface area (Å²) in [4.78, 5) is 17.9. The number of guanidine groups is 1. The molecule has 4 heterocycles. The van der Waals surface area contributed by atoms with Crippen LogP contribution < -0.4 is 20.7 Å². The van der Waals surface area contributed by atoms with Crippen LogP contribution in [-0.2, 0) is 9.47 Å². The summed E-state index contributed by atoms with van der Waals surface area (Å²) < 4.78 is 25.3. The number of anilines is 4. The summed E-state index contributed by atoms with van der Waals surface area (Å²) >= 11 is 0. The maximum Gasteiger partial charge on any atom is 0.227 e. The Labute approximate surface area is 214 Å². The van der Waals surface area contributed by atoms with Gasteiger partial charge in [-0.15, -0.1) is 0 Å². The maximum atomic E-state index is 14.5. The first kappa shape index (κ1) is 23.4. The van der Waals surface area contributed by atoms with Crippen molar-refractivity contribution in [2.75, 3.05) is 74.5 Å². The number of nitrogens with one attached hydrogen (secondary N) is 2. The second-order valence-corrected chi connectivity index (χ2v) is 9.00. The smallest absolute Gasteiger partial charge is 0.227 e. The van der Waals surface area contributed by atoms with Crippen molar-refractivity contribution >= 4 is 29.0 Å². The number of rotatable bonds is 5. The summed E-state index contributed by atoms with van der Waals surface area (Å²) in [6.45, 7) is 6.43. The number of halogens is 1. The molecule has 2 aromatic carbocycles. The monoisotopic (exact) mass is 504 g/mol. The van der Waals surface area contributed by atoms with Crippen molar-refractivity contribution in [2.24, 2.45) is 4.99 Å². The molecule has 11 heteroatoms. The van der Waals surface area contributed by atoms with E-state index < -0.39 is 0 Å². The molecule has 0 atom stereocenters. The van der Waals surface area contributed by atoms with E-state index in [2.05, 4.69) is 35.5 Å². The molecule has 0 spiro atoms. The topological polar surface area (TPSA) is 90.4 Å². The zero-order valence-electron chi connectivity index (χ0n) is 20.4. The molecule has 0 saturated carbocycles. The molecule has 2 saturated heterocycles. The average Bonchev–Trinajstić information content (AvgIpc) is 3.45. The number of hydrogen-bond acceptors (Lipinski definition) is 10. The van der Waals surface area contributed by atoms with Crippen LogP contribution in [0.4, 0.5) is 27.4 Å². The zero-order valence-corrected chi connectivity index (χ0v) is 20.4. The van der Waals surface area contributed by atoms with Crippen LogP contribution in [0.2, 0.25) is 0 Å². The third-order valence-electron chi connectivity index (χ3n) is 6.55. The molecule has 192 valence electrons. The number of hydrazine groups is 1. The molecule has 2 N–H and O–H groups in total. The van der Waals surface area contributed by atoms with Crippen LogP contribution in [0, 0.1) is 5.82 Å². The molecule has 0 aliphatic carbocycles. The molecular weight excluding hydrogens is 475 g/mol. The Morgan fingerprint density at radius 1 is 0.838 bits per heavy atom. The van der Waals surface area contributed by atoms with Gasteiger partial charge >= 0.3 is 0 Å². The van der Waals surface area contributed by atoms with Crippen molar-refractivity contribution in [2.45, 2.75) is 0 Å². The van der Waals surface area contributed by atoms with Gasteiger partial charge in [-0.2, -0.15) is 0 Å². The summed E-state index contributed by atoms with van der Waals surface area (Å²) in [5, 5.41) is 5.25. The lowest BCUT2D eigenvalue weighted by atomic mass is 10.1. The Hall–Kier alpha value is -3.96. The molecule has 6 rings (SSSR count). The molecule has 2 fully saturated rings. The quantitative estimate of drug-likeness (QED) is 0.544. The highest BCUT2D eigenvalue weighted by molar-refractivity contribution is 5.84. The molecule has 0 unspecified atom stereocenters. The zero-order chi connectivity index (χ0) is 25.0. The molecule has 37 heavy (non-hydrogen) atoms. The van der Waals surface area contributed by atoms with E-state index in [4.69, 9.17) is 9.47 Å². The highest BCUT2D eigenvalue weighted by atomic mass is 19.1. The Morgan fingerprint density at radius 3 is 2.32 bits per heavy atom. The first-order valence-corrected chi connectivity index (χ1v) is 12.5. The lowest BCUT2D eigenvalue weighted by Crippen LogP contribution is -2.49. The largest absolute Gasteiger partial charge is 0.378 e. The molecule has 0 radical (unpaired) electrons. The van der Waals surface area contributed by atoms with Gasteiger partial charge in [0.1, 0.15) is 12.5 Å². The Kier molecular flexibility index (Phi) is 6.70. The normalized spacial score (nSPS) is 18.0. The SMILES string of the molecule is Fc1cc(-c2ccnc(Nc3ccc(N4CN=C(N5CCOCC5)N4)cc3)n2)cc(N2CCOCC2)c1. The van der Waals surface area contributed by atoms with Crippen LogP contribution in [0.5, 0.6) is 0 Å². The third kappa shape index (κ3) is 5.42. The summed E-state index contributed by atoms with van der Waals surface area (Å²) in [6.07, 6.45) is 1.68. The average molecular weight is 505 g/mol. The van der Waals surface area contributed by atoms with Crippen molar-refractivity contribution < 1.29 is 13.9 Å². The minimum Gasteiger partial charge on any atom is -0.378 e. The van der Waals surface area contributed by atoms with Gasteiger partial charge in [0.2, 0.25) is 11.9 Å². The minimum atomic E-state index is -0.293. The van der Waals surface area contributed by atoms with E-state index in [9.17, 15) is 4.39 Å². The molecule has 0 amide bonds. The summed E-state index contributed by atoms with van der Waals surface area (Å²) in [7, 11) is 0. The van der Waals surface area contributed by atoms with Gasteiger partial charge in [-0.05, 0) is 48.5 Å². The third-order valence-corrected chi connectivity index (χ3v) is 6.55.